The van der Waals surface area contributed by atoms with Gasteiger partial charge in [0.15, 0.2) is 5.75 Å². The molecule has 0 bridgehead atoms. The molecule has 0 aliphatic heterocycles. The Bertz CT molecular complexity index is 493. The van der Waals surface area contributed by atoms with E-state index in [4.69, 9.17) is 16.3 Å². The number of ether oxygens (including phenoxy) is 1. The Morgan fingerprint density at radius 3 is 2.53 bits per heavy atom. The summed E-state index contributed by atoms with van der Waals surface area (Å²) in [4.78, 5) is 0. The summed E-state index contributed by atoms with van der Waals surface area (Å²) >= 11 is 6.81. The van der Waals surface area contributed by atoms with Crippen LogP contribution < -0.4 is 4.74 Å². The Morgan fingerprint density at radius 1 is 1.33 bits per heavy atom. The highest BCUT2D eigenvalue weighted by molar-refractivity contribution is 6.99. The first-order valence-corrected chi connectivity index (χ1v) is 5.36. The maximum Gasteiger partial charge on any atom is 0.271 e. The average Bonchev–Trinajstić information content (AvgIpc) is 2.67. The summed E-state index contributed by atoms with van der Waals surface area (Å²) in [5.41, 5.74) is 1.73. The van der Waals surface area contributed by atoms with Crippen LogP contribution in [-0.4, -0.2) is 18.5 Å². The van der Waals surface area contributed by atoms with Crippen LogP contribution in [0.3, 0.4) is 0 Å². The molecule has 5 nitrogen and oxygen atoms in total. The summed E-state index contributed by atoms with van der Waals surface area (Å²) < 4.78 is 15.1. The number of nitrogens with zero attached hydrogens (tertiary/aromatic N) is 4. The van der Waals surface area contributed by atoms with Gasteiger partial charge >= 0.3 is 0 Å². The lowest BCUT2D eigenvalue weighted by molar-refractivity contribution is 0.460. The van der Waals surface area contributed by atoms with Gasteiger partial charge in [0.1, 0.15) is 5.69 Å². The molecule has 0 aliphatic carbocycles. The van der Waals surface area contributed by atoms with Crippen molar-refractivity contribution in [2.75, 3.05) is 0 Å². The molecule has 2 rings (SSSR count). The molecule has 0 atom stereocenters. The van der Waals surface area contributed by atoms with Crippen molar-refractivity contribution in [3.05, 3.63) is 16.5 Å². The number of halogens is 1. The first-order chi connectivity index (χ1) is 7.09. The van der Waals surface area contributed by atoms with Crippen LogP contribution in [0.5, 0.6) is 11.6 Å². The van der Waals surface area contributed by atoms with Crippen LogP contribution in [0.2, 0.25) is 5.15 Å². The lowest BCUT2D eigenvalue weighted by Gasteiger charge is -2.01. The Balaban J connectivity index is 2.36. The number of hydrogen-bond acceptors (Lipinski definition) is 5. The van der Waals surface area contributed by atoms with Gasteiger partial charge in [-0.1, -0.05) is 11.6 Å². The molecule has 0 fully saturated rings. The van der Waals surface area contributed by atoms with E-state index in [9.17, 15) is 0 Å². The molecule has 7 heteroatoms. The average molecular weight is 245 g/mol. The molecule has 2 aromatic rings. The van der Waals surface area contributed by atoms with E-state index in [-0.39, 0.29) is 5.15 Å². The van der Waals surface area contributed by atoms with E-state index < -0.39 is 0 Å². The molecular formula is C8H9ClN4OS. The number of aromatic nitrogens is 4. The van der Waals surface area contributed by atoms with Crippen molar-refractivity contribution >= 4 is 23.3 Å². The highest BCUT2D eigenvalue weighted by Crippen LogP contribution is 2.30. The Labute approximate surface area is 96.0 Å². The zero-order valence-electron chi connectivity index (χ0n) is 8.48. The van der Waals surface area contributed by atoms with Crippen molar-refractivity contribution in [2.24, 2.45) is 7.05 Å². The molecule has 0 aliphatic rings. The fraction of sp³-hybridized carbons (Fsp3) is 0.375. The summed E-state index contributed by atoms with van der Waals surface area (Å²) in [6.45, 7) is 3.79. The number of rotatable bonds is 2. The van der Waals surface area contributed by atoms with E-state index in [0.717, 1.165) is 23.1 Å². The van der Waals surface area contributed by atoms with E-state index >= 15 is 0 Å². The molecule has 2 heterocycles. The summed E-state index contributed by atoms with van der Waals surface area (Å²) in [5.74, 6) is 1.02. The molecule has 0 unspecified atom stereocenters. The minimum atomic E-state index is 0.280. The number of aryl methyl sites for hydroxylation is 2. The van der Waals surface area contributed by atoms with Gasteiger partial charge < -0.3 is 4.74 Å². The Hall–Kier alpha value is -1.14. The van der Waals surface area contributed by atoms with Crippen molar-refractivity contribution in [2.45, 2.75) is 13.8 Å². The van der Waals surface area contributed by atoms with E-state index in [1.54, 1.807) is 4.68 Å². The molecule has 0 amide bonds. The van der Waals surface area contributed by atoms with Crippen LogP contribution >= 0.6 is 23.3 Å². The van der Waals surface area contributed by atoms with Crippen molar-refractivity contribution in [1.82, 2.24) is 18.5 Å². The zero-order valence-corrected chi connectivity index (χ0v) is 10.1. The van der Waals surface area contributed by atoms with Gasteiger partial charge in [0.25, 0.3) is 5.88 Å². The highest BCUT2D eigenvalue weighted by atomic mass is 35.5. The second-order valence-corrected chi connectivity index (χ2v) is 3.97. The Kier molecular flexibility index (Phi) is 2.62. The third kappa shape index (κ3) is 1.82. The van der Waals surface area contributed by atoms with Gasteiger partial charge in [-0.2, -0.15) is 9.47 Å². The summed E-state index contributed by atoms with van der Waals surface area (Å²) in [5, 5.41) is 4.50. The third-order valence-corrected chi connectivity index (χ3v) is 2.92. The molecule has 80 valence electrons. The fourth-order valence-electron chi connectivity index (χ4n) is 1.23. The first kappa shape index (κ1) is 10.4. The number of hydrogen-bond donors (Lipinski definition) is 0. The minimum Gasteiger partial charge on any atom is -0.432 e. The predicted molar refractivity (Wildman–Crippen MR) is 57.7 cm³/mol. The molecule has 0 saturated carbocycles. The monoisotopic (exact) mass is 244 g/mol. The predicted octanol–water partition coefficient (Wildman–Crippen LogP) is 2.33. The normalized spacial score (nSPS) is 10.7. The molecule has 0 radical (unpaired) electrons. The molecule has 0 N–H and O–H groups in total. The summed E-state index contributed by atoms with van der Waals surface area (Å²) in [6.07, 6.45) is 0. The lowest BCUT2D eigenvalue weighted by atomic mass is 10.3. The van der Waals surface area contributed by atoms with E-state index in [1.165, 1.54) is 0 Å². The summed E-state index contributed by atoms with van der Waals surface area (Å²) in [6, 6.07) is 0. The van der Waals surface area contributed by atoms with Crippen molar-refractivity contribution in [3.63, 3.8) is 0 Å². The topological polar surface area (TPSA) is 52.8 Å². The largest absolute Gasteiger partial charge is 0.432 e. The zero-order chi connectivity index (χ0) is 11.0. The maximum absolute atomic E-state index is 5.79. The minimum absolute atomic E-state index is 0.280. The Morgan fingerprint density at radius 2 is 2.07 bits per heavy atom. The lowest BCUT2D eigenvalue weighted by Crippen LogP contribution is -1.93. The van der Waals surface area contributed by atoms with E-state index in [0.29, 0.717) is 11.6 Å². The SMILES string of the molecule is Cc1nn(C)c(C)c1Oc1nsnc1Cl. The molecule has 0 saturated heterocycles. The fourth-order valence-corrected chi connectivity index (χ4v) is 1.84. The van der Waals surface area contributed by atoms with Crippen LogP contribution in [0.25, 0.3) is 0 Å². The van der Waals surface area contributed by atoms with Gasteiger partial charge in [0.05, 0.1) is 17.4 Å². The summed E-state index contributed by atoms with van der Waals surface area (Å²) in [7, 11) is 1.86. The molecular weight excluding hydrogens is 236 g/mol. The van der Waals surface area contributed by atoms with Crippen LogP contribution in [-0.2, 0) is 7.05 Å². The highest BCUT2D eigenvalue weighted by Gasteiger charge is 2.15. The molecule has 0 aromatic carbocycles. The van der Waals surface area contributed by atoms with Crippen molar-refractivity contribution in [3.8, 4) is 11.6 Å². The van der Waals surface area contributed by atoms with E-state index in [2.05, 4.69) is 13.8 Å². The smallest absolute Gasteiger partial charge is 0.271 e. The van der Waals surface area contributed by atoms with Gasteiger partial charge in [0.2, 0.25) is 5.15 Å². The van der Waals surface area contributed by atoms with Gasteiger partial charge in [-0.25, -0.2) is 0 Å². The van der Waals surface area contributed by atoms with Crippen molar-refractivity contribution in [1.29, 1.82) is 0 Å². The van der Waals surface area contributed by atoms with Crippen LogP contribution in [0.15, 0.2) is 0 Å². The molecule has 15 heavy (non-hydrogen) atoms. The second-order valence-electron chi connectivity index (χ2n) is 3.09. The quantitative estimate of drug-likeness (QED) is 0.814. The van der Waals surface area contributed by atoms with Gasteiger partial charge in [-0.3, -0.25) is 4.68 Å². The molecule has 2 aromatic heterocycles. The van der Waals surface area contributed by atoms with Gasteiger partial charge in [0, 0.05) is 7.05 Å². The van der Waals surface area contributed by atoms with E-state index in [1.807, 2.05) is 20.9 Å². The van der Waals surface area contributed by atoms with Crippen LogP contribution in [0, 0.1) is 13.8 Å². The van der Waals surface area contributed by atoms with Crippen LogP contribution in [0.1, 0.15) is 11.4 Å². The van der Waals surface area contributed by atoms with Crippen molar-refractivity contribution < 1.29 is 4.74 Å². The van der Waals surface area contributed by atoms with Crippen LogP contribution in [0.4, 0.5) is 0 Å². The first-order valence-electron chi connectivity index (χ1n) is 4.25. The second kappa shape index (κ2) is 3.79. The molecule has 0 spiro atoms. The third-order valence-electron chi connectivity index (χ3n) is 2.06. The van der Waals surface area contributed by atoms with Gasteiger partial charge in [-0.05, 0) is 13.8 Å². The standard InChI is InChI=1S/C8H9ClN4OS/c1-4-6(5(2)13(3)10-4)14-8-7(9)11-15-12-8/h1-3H3. The maximum atomic E-state index is 5.79. The van der Waals surface area contributed by atoms with Gasteiger partial charge in [-0.15, -0.1) is 4.37 Å².